The van der Waals surface area contributed by atoms with Crippen molar-refractivity contribution in [3.63, 3.8) is 0 Å². The molecule has 0 aliphatic rings. The fraction of sp³-hybridized carbons (Fsp3) is 0.357. The fourth-order valence-corrected chi connectivity index (χ4v) is 1.80. The first kappa shape index (κ1) is 16.9. The molecule has 0 radical (unpaired) electrons. The number of nitrogens with one attached hydrogen (secondary N) is 1. The first-order valence-electron chi connectivity index (χ1n) is 6.31. The molecular formula is C14H18N2O4S. The van der Waals surface area contributed by atoms with Crippen LogP contribution in [0.15, 0.2) is 30.3 Å². The average Bonchev–Trinajstić information content (AvgIpc) is 2.51. The number of methoxy groups -OCH3 is 2. The Hall–Kier alpha value is -2.15. The number of nitrogens with zero attached hydrogens (tertiary/aromatic N) is 1. The number of carbonyl (C=O) groups is 2. The fourth-order valence-electron chi connectivity index (χ4n) is 1.53. The Labute approximate surface area is 129 Å². The maximum Gasteiger partial charge on any atom is 0.325 e. The van der Waals surface area contributed by atoms with Crippen LogP contribution in [0.25, 0.3) is 0 Å². The molecule has 1 aromatic carbocycles. The molecule has 7 heteroatoms. The minimum atomic E-state index is -0.433. The molecule has 0 amide bonds. The van der Waals surface area contributed by atoms with Crippen LogP contribution >= 0.6 is 12.2 Å². The van der Waals surface area contributed by atoms with E-state index in [4.69, 9.17) is 12.2 Å². The number of hydrogen-bond donors (Lipinski definition) is 1. The van der Waals surface area contributed by atoms with Crippen LogP contribution in [-0.4, -0.2) is 49.3 Å². The highest BCUT2D eigenvalue weighted by molar-refractivity contribution is 7.80. The van der Waals surface area contributed by atoms with Crippen LogP contribution in [0, 0.1) is 0 Å². The molecule has 0 aromatic heterocycles. The molecule has 0 heterocycles. The van der Waals surface area contributed by atoms with Crippen molar-refractivity contribution in [3.8, 4) is 0 Å². The summed E-state index contributed by atoms with van der Waals surface area (Å²) in [5, 5.41) is 3.35. The van der Waals surface area contributed by atoms with Crippen molar-refractivity contribution in [3.05, 3.63) is 30.3 Å². The van der Waals surface area contributed by atoms with Gasteiger partial charge >= 0.3 is 11.9 Å². The van der Waals surface area contributed by atoms with E-state index in [0.29, 0.717) is 5.11 Å². The summed E-state index contributed by atoms with van der Waals surface area (Å²) in [4.78, 5) is 24.2. The minimum absolute atomic E-state index is 0.0356. The van der Waals surface area contributed by atoms with Crippen molar-refractivity contribution in [1.82, 2.24) is 4.90 Å². The Bertz CT molecular complexity index is 493. The molecule has 1 rings (SSSR count). The molecule has 0 saturated carbocycles. The van der Waals surface area contributed by atoms with Gasteiger partial charge in [0.1, 0.15) is 6.54 Å². The first-order chi connectivity index (χ1) is 10.1. The van der Waals surface area contributed by atoms with Gasteiger partial charge in [0.05, 0.1) is 20.6 Å². The molecular weight excluding hydrogens is 292 g/mol. The van der Waals surface area contributed by atoms with Gasteiger partial charge in [0.15, 0.2) is 5.11 Å². The molecule has 0 saturated heterocycles. The maximum absolute atomic E-state index is 11.4. The molecule has 1 N–H and O–H groups in total. The van der Waals surface area contributed by atoms with E-state index in [0.717, 1.165) is 5.69 Å². The number of benzene rings is 1. The van der Waals surface area contributed by atoms with Gasteiger partial charge in [-0.25, -0.2) is 0 Å². The van der Waals surface area contributed by atoms with Gasteiger partial charge in [-0.05, 0) is 24.4 Å². The van der Waals surface area contributed by atoms with Crippen LogP contribution in [0.2, 0.25) is 0 Å². The minimum Gasteiger partial charge on any atom is -0.469 e. The number of rotatable bonds is 6. The lowest BCUT2D eigenvalue weighted by molar-refractivity contribution is -0.143. The zero-order valence-electron chi connectivity index (χ0n) is 12.0. The number of anilines is 1. The molecule has 0 aliphatic carbocycles. The molecule has 114 valence electrons. The third kappa shape index (κ3) is 6.22. The summed E-state index contributed by atoms with van der Waals surface area (Å²) in [5.74, 6) is -0.801. The molecule has 21 heavy (non-hydrogen) atoms. The number of thiocarbonyl (C=S) groups is 1. The van der Waals surface area contributed by atoms with Crippen molar-refractivity contribution >= 4 is 35.0 Å². The Morgan fingerprint density at radius 1 is 1.14 bits per heavy atom. The number of para-hydroxylation sites is 1. The highest BCUT2D eigenvalue weighted by Crippen LogP contribution is 2.07. The summed E-state index contributed by atoms with van der Waals surface area (Å²) in [5.41, 5.74) is 0.801. The van der Waals surface area contributed by atoms with E-state index >= 15 is 0 Å². The number of ether oxygens (including phenoxy) is 2. The zero-order valence-corrected chi connectivity index (χ0v) is 12.8. The first-order valence-corrected chi connectivity index (χ1v) is 6.72. The molecule has 0 bridgehead atoms. The van der Waals surface area contributed by atoms with Crippen LogP contribution < -0.4 is 5.32 Å². The van der Waals surface area contributed by atoms with Crippen LogP contribution in [0.3, 0.4) is 0 Å². The number of hydrogen-bond acceptors (Lipinski definition) is 5. The topological polar surface area (TPSA) is 67.9 Å². The SMILES string of the molecule is COC(=O)CCN(CC(=O)OC)C(=S)Nc1ccccc1. The third-order valence-electron chi connectivity index (χ3n) is 2.67. The van der Waals surface area contributed by atoms with E-state index in [9.17, 15) is 9.59 Å². The van der Waals surface area contributed by atoms with E-state index < -0.39 is 5.97 Å². The van der Waals surface area contributed by atoms with Gasteiger partial charge in [0.25, 0.3) is 0 Å². The molecule has 1 aromatic rings. The quantitative estimate of drug-likeness (QED) is 0.629. The molecule has 0 spiro atoms. The highest BCUT2D eigenvalue weighted by atomic mass is 32.1. The summed E-state index contributed by atoms with van der Waals surface area (Å²) in [6, 6.07) is 9.32. The summed E-state index contributed by atoms with van der Waals surface area (Å²) in [7, 11) is 2.61. The van der Waals surface area contributed by atoms with E-state index in [2.05, 4.69) is 14.8 Å². The second-order valence-electron chi connectivity index (χ2n) is 4.12. The van der Waals surface area contributed by atoms with Crippen LogP contribution in [0.5, 0.6) is 0 Å². The number of carbonyl (C=O) groups excluding carboxylic acids is 2. The smallest absolute Gasteiger partial charge is 0.325 e. The Morgan fingerprint density at radius 2 is 1.76 bits per heavy atom. The Balaban J connectivity index is 2.67. The lowest BCUT2D eigenvalue weighted by atomic mass is 10.3. The highest BCUT2D eigenvalue weighted by Gasteiger charge is 2.16. The molecule has 0 atom stereocenters. The van der Waals surface area contributed by atoms with Crippen molar-refractivity contribution in [2.45, 2.75) is 6.42 Å². The standard InChI is InChI=1S/C14H18N2O4S/c1-19-12(17)8-9-16(10-13(18)20-2)14(21)15-11-6-4-3-5-7-11/h3-7H,8-10H2,1-2H3,(H,15,21). The van der Waals surface area contributed by atoms with Crippen molar-refractivity contribution in [2.24, 2.45) is 0 Å². The van der Waals surface area contributed by atoms with E-state index in [1.54, 1.807) is 4.90 Å². The van der Waals surface area contributed by atoms with Crippen molar-refractivity contribution in [1.29, 1.82) is 0 Å². The van der Waals surface area contributed by atoms with Crippen molar-refractivity contribution < 1.29 is 19.1 Å². The summed E-state index contributed by atoms with van der Waals surface area (Å²) < 4.78 is 9.21. The second kappa shape index (κ2) is 8.91. The normalized spacial score (nSPS) is 9.62. The van der Waals surface area contributed by atoms with Gasteiger partial charge < -0.3 is 19.7 Å². The number of esters is 2. The predicted octanol–water partition coefficient (Wildman–Crippen LogP) is 1.42. The lowest BCUT2D eigenvalue weighted by Crippen LogP contribution is -2.40. The van der Waals surface area contributed by atoms with Crippen LogP contribution in [0.1, 0.15) is 6.42 Å². The van der Waals surface area contributed by atoms with Gasteiger partial charge in [-0.1, -0.05) is 18.2 Å². The molecule has 6 nitrogen and oxygen atoms in total. The molecule has 0 unspecified atom stereocenters. The van der Waals surface area contributed by atoms with Gasteiger partial charge in [-0.3, -0.25) is 9.59 Å². The van der Waals surface area contributed by atoms with Gasteiger partial charge in [0.2, 0.25) is 0 Å². The van der Waals surface area contributed by atoms with E-state index in [-0.39, 0.29) is 25.5 Å². The summed E-state index contributed by atoms with van der Waals surface area (Å²) >= 11 is 5.27. The lowest BCUT2D eigenvalue weighted by Gasteiger charge is -2.24. The van der Waals surface area contributed by atoms with E-state index in [1.807, 2.05) is 30.3 Å². The predicted molar refractivity (Wildman–Crippen MR) is 82.9 cm³/mol. The summed E-state index contributed by atoms with van der Waals surface area (Å²) in [6.45, 7) is 0.229. The third-order valence-corrected chi connectivity index (χ3v) is 3.03. The largest absolute Gasteiger partial charge is 0.469 e. The second-order valence-corrected chi connectivity index (χ2v) is 4.51. The van der Waals surface area contributed by atoms with Gasteiger partial charge in [0, 0.05) is 12.2 Å². The maximum atomic E-state index is 11.4. The van der Waals surface area contributed by atoms with Gasteiger partial charge in [-0.2, -0.15) is 0 Å². The Kier molecular flexibility index (Phi) is 7.17. The van der Waals surface area contributed by atoms with Gasteiger partial charge in [-0.15, -0.1) is 0 Å². The Morgan fingerprint density at radius 3 is 2.33 bits per heavy atom. The van der Waals surface area contributed by atoms with Crippen LogP contribution in [-0.2, 0) is 19.1 Å². The summed E-state index contributed by atoms with van der Waals surface area (Å²) in [6.07, 6.45) is 0.129. The van der Waals surface area contributed by atoms with Crippen molar-refractivity contribution in [2.75, 3.05) is 32.6 Å². The molecule has 0 aliphatic heterocycles. The molecule has 0 fully saturated rings. The average molecular weight is 310 g/mol. The van der Waals surface area contributed by atoms with Crippen LogP contribution in [0.4, 0.5) is 5.69 Å². The monoisotopic (exact) mass is 310 g/mol. The van der Waals surface area contributed by atoms with E-state index in [1.165, 1.54) is 14.2 Å². The zero-order chi connectivity index (χ0) is 15.7.